The maximum Gasteiger partial charge on any atom is 0.310 e. The van der Waals surface area contributed by atoms with Gasteiger partial charge in [0.25, 0.3) is 0 Å². The van der Waals surface area contributed by atoms with Crippen molar-refractivity contribution < 1.29 is 9.53 Å². The molecule has 0 fully saturated rings. The highest BCUT2D eigenvalue weighted by atomic mass is 32.8. The van der Waals surface area contributed by atoms with Gasteiger partial charge < -0.3 is 4.74 Å². The number of nitrogens with one attached hydrogen (secondary N) is 1. The summed E-state index contributed by atoms with van der Waals surface area (Å²) in [6, 6.07) is 0. The number of hydrogen-bond acceptors (Lipinski definition) is 5. The maximum atomic E-state index is 11.7. The molecular formula is C12H16N2O2S3. The summed E-state index contributed by atoms with van der Waals surface area (Å²) in [6.07, 6.45) is 4.87. The van der Waals surface area contributed by atoms with Crippen molar-refractivity contribution in [2.24, 2.45) is 4.47 Å². The van der Waals surface area contributed by atoms with E-state index in [2.05, 4.69) is 9.90 Å². The lowest BCUT2D eigenvalue weighted by molar-refractivity contribution is -0.142. The molecule has 0 spiro atoms. The minimum Gasteiger partial charge on any atom is -0.466 e. The van der Waals surface area contributed by atoms with Crippen molar-refractivity contribution in [3.05, 3.63) is 16.0 Å². The van der Waals surface area contributed by atoms with E-state index in [1.54, 1.807) is 11.3 Å². The molecule has 1 aromatic rings. The summed E-state index contributed by atoms with van der Waals surface area (Å²) in [5, 5.41) is 0.942. The zero-order chi connectivity index (χ0) is 13.7. The minimum atomic E-state index is -0.178. The van der Waals surface area contributed by atoms with E-state index in [4.69, 9.17) is 15.9 Å². The van der Waals surface area contributed by atoms with Gasteiger partial charge in [-0.05, 0) is 38.2 Å². The van der Waals surface area contributed by atoms with Crippen molar-refractivity contribution in [2.75, 3.05) is 12.0 Å². The second-order valence-corrected chi connectivity index (χ2v) is 6.16. The average molecular weight is 316 g/mol. The van der Waals surface area contributed by atoms with Crippen molar-refractivity contribution in [3.63, 3.8) is 0 Å². The topological polar surface area (TPSA) is 50.7 Å². The molecule has 1 aromatic heterocycles. The van der Waals surface area contributed by atoms with Crippen LogP contribution in [0.2, 0.25) is 0 Å². The lowest BCUT2D eigenvalue weighted by atomic mass is 9.94. The first-order chi connectivity index (χ1) is 9.26. The van der Waals surface area contributed by atoms with Crippen LogP contribution in [0, 0.1) is 0 Å². The summed E-state index contributed by atoms with van der Waals surface area (Å²) in [4.78, 5) is 13.1. The molecule has 0 radical (unpaired) electrons. The number of nitrogens with zero attached hydrogens (tertiary/aromatic N) is 1. The molecule has 0 unspecified atom stereocenters. The second kappa shape index (κ2) is 7.12. The number of thiophene rings is 1. The number of rotatable bonds is 5. The molecule has 104 valence electrons. The van der Waals surface area contributed by atoms with Crippen LogP contribution in [0.4, 0.5) is 5.00 Å². The van der Waals surface area contributed by atoms with Crippen LogP contribution in [0.3, 0.4) is 0 Å². The summed E-state index contributed by atoms with van der Waals surface area (Å²) in [5.41, 5.74) is 5.33. The Bertz CT molecular complexity index is 521. The molecule has 7 heteroatoms. The fourth-order valence-electron chi connectivity index (χ4n) is 2.33. The van der Waals surface area contributed by atoms with Gasteiger partial charge in [0, 0.05) is 21.6 Å². The maximum absolute atomic E-state index is 11.7. The van der Waals surface area contributed by atoms with Gasteiger partial charge in [-0.25, -0.2) is 0 Å². The van der Waals surface area contributed by atoms with Gasteiger partial charge in [0.05, 0.1) is 23.1 Å². The fraction of sp³-hybridized carbons (Fsp3) is 0.583. The van der Waals surface area contributed by atoms with Gasteiger partial charge >= 0.3 is 5.97 Å². The first-order valence-corrected chi connectivity index (χ1v) is 8.81. The number of aryl methyl sites for hydroxylation is 1. The second-order valence-electron chi connectivity index (χ2n) is 4.28. The molecule has 0 atom stereocenters. The first-order valence-electron chi connectivity index (χ1n) is 6.30. The predicted molar refractivity (Wildman–Crippen MR) is 82.1 cm³/mol. The molecular weight excluding hydrogens is 300 g/mol. The van der Waals surface area contributed by atoms with Gasteiger partial charge in [0.1, 0.15) is 5.00 Å². The lowest BCUT2D eigenvalue weighted by Crippen LogP contribution is -2.10. The summed E-state index contributed by atoms with van der Waals surface area (Å²) in [6.45, 7) is 2.24. The normalized spacial score (nSPS) is 13.5. The van der Waals surface area contributed by atoms with Gasteiger partial charge in [-0.1, -0.05) is 0 Å². The van der Waals surface area contributed by atoms with Crippen LogP contribution in [-0.4, -0.2) is 12.6 Å². The summed E-state index contributed by atoms with van der Waals surface area (Å²) in [7, 11) is 0.968. The van der Waals surface area contributed by atoms with Crippen LogP contribution in [0.25, 0.3) is 0 Å². The third-order valence-electron chi connectivity index (χ3n) is 3.09. The van der Waals surface area contributed by atoms with Crippen molar-refractivity contribution in [1.82, 2.24) is 0 Å². The third-order valence-corrected chi connectivity index (χ3v) is 4.72. The van der Waals surface area contributed by atoms with Gasteiger partial charge in [-0.15, -0.1) is 15.8 Å². The van der Waals surface area contributed by atoms with Gasteiger partial charge in [0.15, 0.2) is 0 Å². The van der Waals surface area contributed by atoms with Crippen molar-refractivity contribution in [2.45, 2.75) is 39.0 Å². The molecule has 1 heterocycles. The Balaban J connectivity index is 2.28. The van der Waals surface area contributed by atoms with Crippen molar-refractivity contribution in [3.8, 4) is 0 Å². The number of carbonyl (C=O) groups excluding carboxylic acids is 1. The summed E-state index contributed by atoms with van der Waals surface area (Å²) in [5.74, 6) is -0.178. The molecule has 0 saturated heterocycles. The van der Waals surface area contributed by atoms with E-state index in [1.807, 2.05) is 6.92 Å². The van der Waals surface area contributed by atoms with E-state index in [1.165, 1.54) is 23.3 Å². The monoisotopic (exact) mass is 316 g/mol. The lowest BCUT2D eigenvalue weighted by Gasteiger charge is -2.12. The summed E-state index contributed by atoms with van der Waals surface area (Å²) < 4.78 is 8.99. The zero-order valence-electron chi connectivity index (χ0n) is 10.7. The number of hydrogen-bond donors (Lipinski definition) is 1. The van der Waals surface area contributed by atoms with Crippen LogP contribution in [-0.2, 0) is 50.1 Å². The summed E-state index contributed by atoms with van der Waals surface area (Å²) >= 11 is 6.42. The smallest absolute Gasteiger partial charge is 0.310 e. The average Bonchev–Trinajstić information content (AvgIpc) is 2.75. The highest BCUT2D eigenvalue weighted by Crippen LogP contribution is 2.38. The van der Waals surface area contributed by atoms with E-state index < -0.39 is 0 Å². The number of fused-ring (bicyclic) bond motifs is 1. The molecule has 0 saturated carbocycles. The molecule has 19 heavy (non-hydrogen) atoms. The molecule has 1 aliphatic rings. The quantitative estimate of drug-likeness (QED) is 0.670. The van der Waals surface area contributed by atoms with Gasteiger partial charge in [0.2, 0.25) is 0 Å². The number of esters is 1. The largest absolute Gasteiger partial charge is 0.466 e. The van der Waals surface area contributed by atoms with Crippen molar-refractivity contribution >= 4 is 43.6 Å². The van der Waals surface area contributed by atoms with E-state index >= 15 is 0 Å². The van der Waals surface area contributed by atoms with Crippen LogP contribution in [0.1, 0.15) is 35.8 Å². The molecule has 0 aliphatic heterocycles. The molecule has 0 bridgehead atoms. The number of carbonyl (C=O) groups is 1. The highest BCUT2D eigenvalue weighted by molar-refractivity contribution is 8.12. The Morgan fingerprint density at radius 2 is 2.32 bits per heavy atom. The predicted octanol–water partition coefficient (Wildman–Crippen LogP) is 2.79. The van der Waals surface area contributed by atoms with Crippen LogP contribution < -0.4 is 5.43 Å². The fourth-order valence-corrected chi connectivity index (χ4v) is 3.87. The first kappa shape index (κ1) is 14.6. The third kappa shape index (κ3) is 3.61. The SMILES string of the molecule is CCOC(=O)Cc1c(NN=S=S)sc2c1CCCC2. The van der Waals surface area contributed by atoms with E-state index in [9.17, 15) is 4.79 Å². The van der Waals surface area contributed by atoms with E-state index in [0.717, 1.165) is 33.5 Å². The Labute approximate surface area is 124 Å². The van der Waals surface area contributed by atoms with Gasteiger partial charge in [-0.3, -0.25) is 10.2 Å². The molecule has 0 amide bonds. The molecule has 4 nitrogen and oxygen atoms in total. The van der Waals surface area contributed by atoms with Crippen LogP contribution in [0.5, 0.6) is 0 Å². The van der Waals surface area contributed by atoms with Gasteiger partial charge in [-0.2, -0.15) is 0 Å². The Hall–Kier alpha value is -0.790. The number of ether oxygens (including phenoxy) is 1. The van der Waals surface area contributed by atoms with Crippen LogP contribution in [0.15, 0.2) is 4.47 Å². The Morgan fingerprint density at radius 3 is 3.05 bits per heavy atom. The molecule has 2 rings (SSSR count). The van der Waals surface area contributed by atoms with E-state index in [0.29, 0.717) is 13.0 Å². The zero-order valence-corrected chi connectivity index (χ0v) is 13.2. The standard InChI is InChI=1S/C12H16N2O2S3/c1-2-16-11(15)7-9-8-5-3-4-6-10(8)18-12(9)13-14-19-17/h13H,2-7H2,1H3. The van der Waals surface area contributed by atoms with Crippen molar-refractivity contribution in [1.29, 1.82) is 0 Å². The highest BCUT2D eigenvalue weighted by Gasteiger charge is 2.22. The molecule has 1 N–H and O–H groups in total. The van der Waals surface area contributed by atoms with E-state index in [-0.39, 0.29) is 5.97 Å². The number of anilines is 1. The van der Waals surface area contributed by atoms with Crippen LogP contribution >= 0.6 is 11.3 Å². The molecule has 0 aromatic carbocycles. The Morgan fingerprint density at radius 1 is 1.53 bits per heavy atom. The Kier molecular flexibility index (Phi) is 5.47. The minimum absolute atomic E-state index is 0.178. The molecule has 1 aliphatic carbocycles.